The Morgan fingerprint density at radius 2 is 2.04 bits per heavy atom. The molecule has 2 bridgehead atoms. The number of anilines is 1. The lowest BCUT2D eigenvalue weighted by molar-refractivity contribution is -0.137. The molecule has 3 saturated heterocycles. The van der Waals surface area contributed by atoms with Crippen molar-refractivity contribution in [2.24, 2.45) is 5.92 Å². The van der Waals surface area contributed by atoms with Crippen LogP contribution >= 0.6 is 0 Å². The van der Waals surface area contributed by atoms with Crippen LogP contribution in [-0.4, -0.2) is 38.6 Å². The number of sulfonamides is 1. The maximum absolute atomic E-state index is 13.8. The molecule has 0 N–H and O–H groups in total. The highest BCUT2D eigenvalue weighted by atomic mass is 32.2. The first-order valence-corrected chi connectivity index (χ1v) is 9.07. The molecular formula is C15H12F4N2O3S. The van der Waals surface area contributed by atoms with Gasteiger partial charge in [-0.05, 0) is 18.2 Å². The fourth-order valence-electron chi connectivity index (χ4n) is 4.08. The smallest absolute Gasteiger partial charge is 0.370 e. The summed E-state index contributed by atoms with van der Waals surface area (Å²) in [7, 11) is -3.96. The van der Waals surface area contributed by atoms with Gasteiger partial charge in [-0.3, -0.25) is 4.31 Å². The Balaban J connectivity index is 1.76. The first-order valence-electron chi connectivity index (χ1n) is 7.57. The molecule has 5 nitrogen and oxygen atoms in total. The van der Waals surface area contributed by atoms with Gasteiger partial charge >= 0.3 is 6.18 Å². The summed E-state index contributed by atoms with van der Waals surface area (Å²) in [5.41, 5.74) is -1.95. The van der Waals surface area contributed by atoms with E-state index >= 15 is 0 Å². The van der Waals surface area contributed by atoms with Gasteiger partial charge < -0.3 is 4.74 Å². The van der Waals surface area contributed by atoms with Crippen molar-refractivity contribution in [3.63, 3.8) is 0 Å². The molecule has 0 aromatic heterocycles. The van der Waals surface area contributed by atoms with Crippen molar-refractivity contribution in [3.05, 3.63) is 29.3 Å². The van der Waals surface area contributed by atoms with E-state index in [2.05, 4.69) is 0 Å². The fraction of sp³-hybridized carbons (Fsp3) is 0.533. The number of ether oxygens (including phenoxy) is 1. The van der Waals surface area contributed by atoms with Crippen molar-refractivity contribution in [3.8, 4) is 6.07 Å². The predicted octanol–water partition coefficient (Wildman–Crippen LogP) is 2.22. The molecule has 0 unspecified atom stereocenters. The number of benzene rings is 1. The lowest BCUT2D eigenvalue weighted by atomic mass is 9.87. The topological polar surface area (TPSA) is 70.4 Å². The molecule has 3 fully saturated rings. The Kier molecular flexibility index (Phi) is 3.37. The van der Waals surface area contributed by atoms with Crippen LogP contribution in [0.15, 0.2) is 18.2 Å². The quantitative estimate of drug-likeness (QED) is 0.705. The van der Waals surface area contributed by atoms with Crippen LogP contribution in [0.5, 0.6) is 0 Å². The molecule has 0 spiro atoms. The maximum Gasteiger partial charge on any atom is 0.417 e. The number of fused-ring (bicyclic) bond motifs is 5. The molecule has 0 amide bonds. The lowest BCUT2D eigenvalue weighted by Gasteiger charge is -2.22. The number of nitriles is 1. The molecule has 0 radical (unpaired) electrons. The summed E-state index contributed by atoms with van der Waals surface area (Å²) in [4.78, 5) is 0. The molecule has 1 aromatic rings. The SMILES string of the molecule is N#Cc1ccc(N2C[C@H]3[C@H]4O[C@H](C[C@H]4F)[C@H]3S2(=O)=O)cc1C(F)(F)F. The summed E-state index contributed by atoms with van der Waals surface area (Å²) < 4.78 is 85.0. The third-order valence-electron chi connectivity index (χ3n) is 5.10. The second-order valence-electron chi connectivity index (χ2n) is 6.43. The number of nitrogens with zero attached hydrogens (tertiary/aromatic N) is 2. The zero-order valence-electron chi connectivity index (χ0n) is 12.6. The highest BCUT2D eigenvalue weighted by molar-refractivity contribution is 7.93. The Hall–Kier alpha value is -1.86. The fourth-order valence-corrected chi connectivity index (χ4v) is 6.40. The van der Waals surface area contributed by atoms with Gasteiger partial charge in [0.05, 0.1) is 35.1 Å². The second-order valence-corrected chi connectivity index (χ2v) is 8.45. The maximum atomic E-state index is 13.8. The van der Waals surface area contributed by atoms with E-state index in [1.807, 2.05) is 0 Å². The van der Waals surface area contributed by atoms with E-state index in [0.29, 0.717) is 6.07 Å². The van der Waals surface area contributed by atoms with E-state index < -0.39 is 56.9 Å². The Bertz CT molecular complexity index is 880. The van der Waals surface area contributed by atoms with Crippen LogP contribution in [0.4, 0.5) is 23.2 Å². The Morgan fingerprint density at radius 3 is 2.68 bits per heavy atom. The molecule has 10 heteroatoms. The van der Waals surface area contributed by atoms with Crippen molar-refractivity contribution in [1.29, 1.82) is 5.26 Å². The van der Waals surface area contributed by atoms with Crippen LogP contribution in [0, 0.1) is 17.2 Å². The third kappa shape index (κ3) is 2.25. The van der Waals surface area contributed by atoms with Crippen molar-refractivity contribution in [2.75, 3.05) is 10.8 Å². The summed E-state index contributed by atoms with van der Waals surface area (Å²) in [5.74, 6) is -0.608. The summed E-state index contributed by atoms with van der Waals surface area (Å²) in [6.07, 6.45) is -7.66. The van der Waals surface area contributed by atoms with Gasteiger partial charge in [0, 0.05) is 18.9 Å². The lowest BCUT2D eigenvalue weighted by Crippen LogP contribution is -2.39. The molecule has 1 aromatic carbocycles. The standard InChI is InChI=1S/C15H12F4N2O3S/c16-11-4-12-14-9(13(11)24-12)6-21(25(14,22)23)8-2-1-7(5-20)10(3-8)15(17,18)19/h1-3,9,11-14H,4,6H2/t9-,11+,12+,13+,14-/m0/s1. The van der Waals surface area contributed by atoms with E-state index in [0.717, 1.165) is 10.4 Å². The van der Waals surface area contributed by atoms with E-state index in [9.17, 15) is 26.0 Å². The van der Waals surface area contributed by atoms with E-state index in [1.54, 1.807) is 0 Å². The molecule has 4 rings (SSSR count). The van der Waals surface area contributed by atoms with Crippen LogP contribution in [0.25, 0.3) is 0 Å². The molecule has 25 heavy (non-hydrogen) atoms. The van der Waals surface area contributed by atoms with Gasteiger partial charge in [0.15, 0.2) is 0 Å². The molecule has 0 saturated carbocycles. The van der Waals surface area contributed by atoms with Gasteiger partial charge in [0.25, 0.3) is 0 Å². The highest BCUT2D eigenvalue weighted by Crippen LogP contribution is 2.50. The number of rotatable bonds is 1. The van der Waals surface area contributed by atoms with Gasteiger partial charge in [0.2, 0.25) is 10.0 Å². The summed E-state index contributed by atoms with van der Waals surface area (Å²) in [5, 5.41) is 7.90. The zero-order valence-corrected chi connectivity index (χ0v) is 13.4. The molecule has 134 valence electrons. The summed E-state index contributed by atoms with van der Waals surface area (Å²) >= 11 is 0. The number of alkyl halides is 4. The van der Waals surface area contributed by atoms with Crippen LogP contribution in [0.2, 0.25) is 0 Å². The average molecular weight is 376 g/mol. The van der Waals surface area contributed by atoms with Crippen LogP contribution in [0.1, 0.15) is 17.5 Å². The minimum Gasteiger partial charge on any atom is -0.370 e. The van der Waals surface area contributed by atoms with E-state index in [4.69, 9.17) is 10.00 Å². The highest BCUT2D eigenvalue weighted by Gasteiger charge is 2.64. The van der Waals surface area contributed by atoms with Gasteiger partial charge in [0.1, 0.15) is 11.4 Å². The van der Waals surface area contributed by atoms with Gasteiger partial charge in [-0.1, -0.05) is 0 Å². The molecular weight excluding hydrogens is 364 g/mol. The van der Waals surface area contributed by atoms with Gasteiger partial charge in [-0.15, -0.1) is 0 Å². The Morgan fingerprint density at radius 1 is 1.32 bits per heavy atom. The second kappa shape index (κ2) is 5.08. The average Bonchev–Trinajstić information content (AvgIpc) is 3.15. The largest absolute Gasteiger partial charge is 0.417 e. The normalized spacial score (nSPS) is 35.6. The molecule has 3 heterocycles. The van der Waals surface area contributed by atoms with E-state index in [1.165, 1.54) is 12.1 Å². The third-order valence-corrected chi connectivity index (χ3v) is 7.42. The van der Waals surface area contributed by atoms with Crippen molar-refractivity contribution < 1.29 is 30.7 Å². The van der Waals surface area contributed by atoms with Gasteiger partial charge in [-0.2, -0.15) is 18.4 Å². The van der Waals surface area contributed by atoms with E-state index in [-0.39, 0.29) is 18.7 Å². The van der Waals surface area contributed by atoms with Crippen molar-refractivity contribution >= 4 is 15.7 Å². The van der Waals surface area contributed by atoms with Crippen LogP contribution in [-0.2, 0) is 20.9 Å². The van der Waals surface area contributed by atoms with Crippen molar-refractivity contribution in [2.45, 2.75) is 36.2 Å². The van der Waals surface area contributed by atoms with Crippen molar-refractivity contribution in [1.82, 2.24) is 0 Å². The molecule has 5 atom stereocenters. The molecule has 0 aliphatic carbocycles. The molecule has 3 aliphatic heterocycles. The number of hydrogen-bond donors (Lipinski definition) is 0. The summed E-state index contributed by atoms with van der Waals surface area (Å²) in [6, 6.07) is 4.23. The first kappa shape index (κ1) is 16.6. The summed E-state index contributed by atoms with van der Waals surface area (Å²) in [6.45, 7) is -0.127. The monoisotopic (exact) mass is 376 g/mol. The van der Waals surface area contributed by atoms with Crippen LogP contribution in [0.3, 0.4) is 0 Å². The molecule has 3 aliphatic rings. The van der Waals surface area contributed by atoms with Gasteiger partial charge in [-0.25, -0.2) is 12.8 Å². The predicted molar refractivity (Wildman–Crippen MR) is 77.9 cm³/mol. The zero-order chi connectivity index (χ0) is 18.1. The van der Waals surface area contributed by atoms with Crippen LogP contribution < -0.4 is 4.31 Å². The first-order chi connectivity index (χ1) is 11.6. The number of halogens is 4. The Labute approximate surface area is 140 Å². The minimum atomic E-state index is -4.79. The number of hydrogen-bond acceptors (Lipinski definition) is 4. The minimum absolute atomic E-state index is 0.0138.